The molecule has 0 bridgehead atoms. The van der Waals surface area contributed by atoms with E-state index in [1.54, 1.807) is 18.5 Å². The van der Waals surface area contributed by atoms with Crippen molar-refractivity contribution in [2.24, 2.45) is 0 Å². The summed E-state index contributed by atoms with van der Waals surface area (Å²) in [6.07, 6.45) is 9.27. The average Bonchev–Trinajstić information content (AvgIpc) is 2.79. The number of carbonyl (C=O) groups excluding carboxylic acids is 1. The number of carbonyl (C=O) groups is 1. The van der Waals surface area contributed by atoms with E-state index >= 15 is 0 Å². The quantitative estimate of drug-likeness (QED) is 0.776. The first-order valence-corrected chi connectivity index (χ1v) is 10.6. The minimum absolute atomic E-state index is 0.0559. The number of rotatable bonds is 5. The van der Waals surface area contributed by atoms with Crippen LogP contribution in [0.15, 0.2) is 30.6 Å². The van der Waals surface area contributed by atoms with Crippen molar-refractivity contribution in [3.8, 4) is 5.75 Å². The molecule has 9 heteroatoms. The number of hydrogen-bond acceptors (Lipinski definition) is 7. The Morgan fingerprint density at radius 3 is 2.67 bits per heavy atom. The molecule has 30 heavy (non-hydrogen) atoms. The van der Waals surface area contributed by atoms with Crippen molar-refractivity contribution in [1.82, 2.24) is 25.2 Å². The molecule has 3 heterocycles. The summed E-state index contributed by atoms with van der Waals surface area (Å²) in [7, 11) is 0. The molecular weight excluding hydrogens is 382 g/mol. The Kier molecular flexibility index (Phi) is 6.46. The van der Waals surface area contributed by atoms with Gasteiger partial charge < -0.3 is 25.6 Å². The van der Waals surface area contributed by atoms with Gasteiger partial charge in [-0.1, -0.05) is 19.3 Å². The van der Waals surface area contributed by atoms with Crippen molar-refractivity contribution >= 4 is 17.8 Å². The number of nitrogens with two attached hydrogens (primary N) is 1. The lowest BCUT2D eigenvalue weighted by Crippen LogP contribution is -2.53. The number of pyridine rings is 1. The second kappa shape index (κ2) is 9.60. The Morgan fingerprint density at radius 2 is 1.90 bits per heavy atom. The van der Waals surface area contributed by atoms with Gasteiger partial charge in [-0.25, -0.2) is 19.7 Å². The highest BCUT2D eigenvalue weighted by Gasteiger charge is 2.25. The van der Waals surface area contributed by atoms with Gasteiger partial charge in [0.25, 0.3) is 0 Å². The number of nitrogen functional groups attached to an aromatic ring is 1. The first-order valence-electron chi connectivity index (χ1n) is 10.6. The highest BCUT2D eigenvalue weighted by Crippen LogP contribution is 2.27. The first-order chi connectivity index (χ1) is 14.7. The Hall–Kier alpha value is -3.10. The van der Waals surface area contributed by atoms with Gasteiger partial charge in [0.1, 0.15) is 6.61 Å². The lowest BCUT2D eigenvalue weighted by Gasteiger charge is -2.37. The number of piperazine rings is 1. The van der Waals surface area contributed by atoms with Gasteiger partial charge in [-0.15, -0.1) is 0 Å². The predicted molar refractivity (Wildman–Crippen MR) is 114 cm³/mol. The van der Waals surface area contributed by atoms with Crippen LogP contribution in [0.3, 0.4) is 0 Å². The van der Waals surface area contributed by atoms with Crippen molar-refractivity contribution in [3.63, 3.8) is 0 Å². The molecule has 2 amide bonds. The number of nitrogens with zero attached hydrogens (tertiary/aromatic N) is 5. The minimum Gasteiger partial charge on any atom is -0.483 e. The van der Waals surface area contributed by atoms with Crippen LogP contribution in [0, 0.1) is 0 Å². The minimum atomic E-state index is 0.0559. The maximum Gasteiger partial charge on any atom is 0.317 e. The van der Waals surface area contributed by atoms with E-state index in [-0.39, 0.29) is 18.6 Å². The second-order valence-electron chi connectivity index (χ2n) is 7.78. The molecule has 0 aromatic carbocycles. The summed E-state index contributed by atoms with van der Waals surface area (Å²) in [5.41, 5.74) is 6.34. The average molecular weight is 412 g/mol. The van der Waals surface area contributed by atoms with Gasteiger partial charge in [0.05, 0.1) is 5.69 Å². The molecule has 2 aliphatic rings. The summed E-state index contributed by atoms with van der Waals surface area (Å²) < 4.78 is 5.96. The van der Waals surface area contributed by atoms with Crippen LogP contribution in [-0.2, 0) is 6.61 Å². The third-order valence-electron chi connectivity index (χ3n) is 5.66. The fraction of sp³-hybridized carbons (Fsp3) is 0.524. The van der Waals surface area contributed by atoms with Crippen LogP contribution in [0.5, 0.6) is 5.75 Å². The number of hydrogen-bond donors (Lipinski definition) is 2. The number of aromatic nitrogens is 3. The fourth-order valence-corrected chi connectivity index (χ4v) is 4.01. The van der Waals surface area contributed by atoms with Gasteiger partial charge >= 0.3 is 6.03 Å². The van der Waals surface area contributed by atoms with Gasteiger partial charge in [0.2, 0.25) is 5.95 Å². The van der Waals surface area contributed by atoms with E-state index in [0.717, 1.165) is 18.7 Å². The van der Waals surface area contributed by atoms with Crippen molar-refractivity contribution < 1.29 is 9.53 Å². The SMILES string of the molecule is Nc1nccc(COc2cccnc2N2CCN(C(=O)NC3CCCCC3)CC2)n1. The number of nitrogens with one attached hydrogen (secondary N) is 1. The Labute approximate surface area is 176 Å². The maximum absolute atomic E-state index is 12.6. The first kappa shape index (κ1) is 20.2. The predicted octanol–water partition coefficient (Wildman–Crippen LogP) is 2.20. The Morgan fingerprint density at radius 1 is 1.10 bits per heavy atom. The molecule has 9 nitrogen and oxygen atoms in total. The van der Waals surface area contributed by atoms with E-state index in [1.807, 2.05) is 17.0 Å². The van der Waals surface area contributed by atoms with Crippen molar-refractivity contribution in [1.29, 1.82) is 0 Å². The molecule has 4 rings (SSSR count). The molecule has 0 spiro atoms. The smallest absolute Gasteiger partial charge is 0.317 e. The molecule has 1 saturated heterocycles. The van der Waals surface area contributed by atoms with Crippen molar-refractivity contribution in [3.05, 3.63) is 36.3 Å². The van der Waals surface area contributed by atoms with Gasteiger partial charge in [0.15, 0.2) is 11.6 Å². The van der Waals surface area contributed by atoms with Crippen LogP contribution in [0.25, 0.3) is 0 Å². The molecular formula is C21H29N7O2. The molecule has 1 aliphatic heterocycles. The van der Waals surface area contributed by atoms with E-state index < -0.39 is 0 Å². The fourth-order valence-electron chi connectivity index (χ4n) is 4.01. The summed E-state index contributed by atoms with van der Waals surface area (Å²) in [4.78, 5) is 29.2. The molecule has 0 atom stereocenters. The van der Waals surface area contributed by atoms with Gasteiger partial charge in [-0.3, -0.25) is 0 Å². The zero-order chi connectivity index (χ0) is 20.8. The second-order valence-corrected chi connectivity index (χ2v) is 7.78. The van der Waals surface area contributed by atoms with Crippen molar-refractivity contribution in [2.45, 2.75) is 44.8 Å². The van der Waals surface area contributed by atoms with Crippen LogP contribution < -0.4 is 20.7 Å². The van der Waals surface area contributed by atoms with Gasteiger partial charge in [-0.2, -0.15) is 0 Å². The van der Waals surface area contributed by atoms with Crippen LogP contribution in [0.1, 0.15) is 37.8 Å². The molecule has 2 aromatic heterocycles. The highest BCUT2D eigenvalue weighted by molar-refractivity contribution is 5.75. The molecule has 160 valence electrons. The number of urea groups is 1. The van der Waals surface area contributed by atoms with E-state index in [4.69, 9.17) is 10.5 Å². The van der Waals surface area contributed by atoms with Crippen LogP contribution in [0.4, 0.5) is 16.6 Å². The van der Waals surface area contributed by atoms with E-state index in [0.29, 0.717) is 43.7 Å². The summed E-state index contributed by atoms with van der Waals surface area (Å²) in [5.74, 6) is 1.70. The number of anilines is 2. The van der Waals surface area contributed by atoms with E-state index in [2.05, 4.69) is 25.2 Å². The zero-order valence-electron chi connectivity index (χ0n) is 17.2. The van der Waals surface area contributed by atoms with Crippen molar-refractivity contribution in [2.75, 3.05) is 36.8 Å². The molecule has 2 fully saturated rings. The normalized spacial score (nSPS) is 17.6. The number of ether oxygens (including phenoxy) is 1. The Bertz CT molecular complexity index is 849. The standard InChI is InChI=1S/C21H29N7O2/c22-20-24-10-8-17(25-20)15-30-18-7-4-9-23-19(18)27-11-13-28(14-12-27)21(29)26-16-5-2-1-3-6-16/h4,7-10,16H,1-3,5-6,11-15H2,(H,26,29)(H2,22,24,25). The molecule has 0 unspecified atom stereocenters. The van der Waals surface area contributed by atoms with E-state index in [1.165, 1.54) is 19.3 Å². The third kappa shape index (κ3) is 5.08. The molecule has 0 radical (unpaired) electrons. The monoisotopic (exact) mass is 411 g/mol. The summed E-state index contributed by atoms with van der Waals surface area (Å²) in [6.45, 7) is 3.04. The largest absolute Gasteiger partial charge is 0.483 e. The summed E-state index contributed by atoms with van der Waals surface area (Å²) in [5, 5.41) is 3.20. The summed E-state index contributed by atoms with van der Waals surface area (Å²) in [6, 6.07) is 5.91. The highest BCUT2D eigenvalue weighted by atomic mass is 16.5. The molecule has 2 aromatic rings. The van der Waals surface area contributed by atoms with Gasteiger partial charge in [-0.05, 0) is 31.0 Å². The molecule has 1 aliphatic carbocycles. The maximum atomic E-state index is 12.6. The lowest BCUT2D eigenvalue weighted by atomic mass is 9.96. The topological polar surface area (TPSA) is 109 Å². The third-order valence-corrected chi connectivity index (χ3v) is 5.66. The molecule has 1 saturated carbocycles. The zero-order valence-corrected chi connectivity index (χ0v) is 17.2. The van der Waals surface area contributed by atoms with Gasteiger partial charge in [0, 0.05) is 44.6 Å². The lowest BCUT2D eigenvalue weighted by molar-refractivity contribution is 0.186. The molecule has 3 N–H and O–H groups in total. The summed E-state index contributed by atoms with van der Waals surface area (Å²) >= 11 is 0. The number of amides is 2. The van der Waals surface area contributed by atoms with Crippen LogP contribution >= 0.6 is 0 Å². The van der Waals surface area contributed by atoms with E-state index in [9.17, 15) is 4.79 Å². The van der Waals surface area contributed by atoms with Crippen LogP contribution in [-0.4, -0.2) is 58.1 Å². The van der Waals surface area contributed by atoms with Crippen LogP contribution in [0.2, 0.25) is 0 Å². The Balaban J connectivity index is 1.32.